The van der Waals surface area contributed by atoms with E-state index in [9.17, 15) is 19.8 Å². The maximum atomic E-state index is 12.3. The third-order valence-electron chi connectivity index (χ3n) is 3.91. The highest BCUT2D eigenvalue weighted by molar-refractivity contribution is 6.06. The molecule has 28 heavy (non-hydrogen) atoms. The minimum Gasteiger partial charge on any atom is -0.505 e. The number of azo groups is 1. The summed E-state index contributed by atoms with van der Waals surface area (Å²) in [5.41, 5.74) is 2.31. The summed E-state index contributed by atoms with van der Waals surface area (Å²) in [7, 11) is 0. The van der Waals surface area contributed by atoms with E-state index in [1.165, 1.54) is 24.3 Å². The molecule has 0 bridgehead atoms. The molecule has 0 spiro atoms. The van der Waals surface area contributed by atoms with Gasteiger partial charge in [0.25, 0.3) is 0 Å². The fourth-order valence-corrected chi connectivity index (χ4v) is 2.38. The molecule has 0 atom stereocenters. The van der Waals surface area contributed by atoms with Crippen molar-refractivity contribution in [3.8, 4) is 11.5 Å². The first-order valence-electron chi connectivity index (χ1n) is 8.37. The van der Waals surface area contributed by atoms with Crippen LogP contribution in [0.1, 0.15) is 26.3 Å². The number of hydrogen-bond donors (Lipinski definition) is 2. The molecular formula is C22H16N2O4. The van der Waals surface area contributed by atoms with Crippen LogP contribution in [-0.4, -0.2) is 22.3 Å². The number of aldehydes is 1. The Kier molecular flexibility index (Phi) is 5.72. The molecule has 0 aliphatic carbocycles. The molecule has 0 saturated heterocycles. The van der Waals surface area contributed by atoms with Crippen LogP contribution in [0.25, 0.3) is 6.08 Å². The molecule has 3 rings (SSSR count). The monoisotopic (exact) mass is 372 g/mol. The maximum Gasteiger partial charge on any atom is 0.185 e. The van der Waals surface area contributed by atoms with Gasteiger partial charge in [-0.15, -0.1) is 5.11 Å². The molecule has 6 heteroatoms. The molecule has 3 aromatic carbocycles. The Hall–Kier alpha value is -4.06. The largest absolute Gasteiger partial charge is 0.505 e. The van der Waals surface area contributed by atoms with Crippen LogP contribution >= 0.6 is 0 Å². The van der Waals surface area contributed by atoms with Gasteiger partial charge >= 0.3 is 0 Å². The Balaban J connectivity index is 1.69. The van der Waals surface area contributed by atoms with Crippen LogP contribution in [0.4, 0.5) is 11.4 Å². The highest BCUT2D eigenvalue weighted by Crippen LogP contribution is 2.36. The lowest BCUT2D eigenvalue weighted by Crippen LogP contribution is -1.93. The number of allylic oxidation sites excluding steroid dienone is 1. The van der Waals surface area contributed by atoms with E-state index in [1.54, 1.807) is 54.6 Å². The zero-order valence-corrected chi connectivity index (χ0v) is 14.7. The van der Waals surface area contributed by atoms with E-state index in [1.807, 2.05) is 0 Å². The standard InChI is InChI=1S/C22H16N2O4/c25-14-16-6-4-15(5-7-16)8-13-19(26)17-9-11-18(12-10-17)23-24-22-20(27)2-1-3-21(22)28/h1-14,27-28H/b13-8-,24-23?. The van der Waals surface area contributed by atoms with Gasteiger partial charge in [-0.05, 0) is 48.0 Å². The van der Waals surface area contributed by atoms with Gasteiger partial charge in [0.05, 0.1) is 5.69 Å². The van der Waals surface area contributed by atoms with Crippen LogP contribution in [0.2, 0.25) is 0 Å². The summed E-state index contributed by atoms with van der Waals surface area (Å²) in [6.45, 7) is 0. The molecule has 0 amide bonds. The predicted molar refractivity (Wildman–Crippen MR) is 106 cm³/mol. The van der Waals surface area contributed by atoms with Gasteiger partial charge in [0, 0.05) is 11.1 Å². The summed E-state index contributed by atoms with van der Waals surface area (Å²) >= 11 is 0. The number of benzene rings is 3. The molecular weight excluding hydrogens is 356 g/mol. The van der Waals surface area contributed by atoms with Crippen molar-refractivity contribution in [3.05, 3.63) is 89.5 Å². The van der Waals surface area contributed by atoms with Gasteiger partial charge in [0.15, 0.2) is 11.5 Å². The number of phenolic OH excluding ortho intramolecular Hbond substituents is 2. The minimum atomic E-state index is -0.179. The first kappa shape index (κ1) is 18.7. The molecule has 0 saturated carbocycles. The van der Waals surface area contributed by atoms with Crippen LogP contribution in [0, 0.1) is 0 Å². The van der Waals surface area contributed by atoms with Crippen molar-refractivity contribution in [2.45, 2.75) is 0 Å². The number of carbonyl (C=O) groups is 2. The van der Waals surface area contributed by atoms with Crippen molar-refractivity contribution < 1.29 is 19.8 Å². The number of phenols is 2. The average molecular weight is 372 g/mol. The lowest BCUT2D eigenvalue weighted by Gasteiger charge is -2.00. The quantitative estimate of drug-likeness (QED) is 0.268. The Morgan fingerprint density at radius 3 is 2.00 bits per heavy atom. The second kappa shape index (κ2) is 8.55. The van der Waals surface area contributed by atoms with E-state index < -0.39 is 0 Å². The molecule has 0 unspecified atom stereocenters. The van der Waals surface area contributed by atoms with Crippen molar-refractivity contribution in [2.75, 3.05) is 0 Å². The molecule has 0 heterocycles. The first-order valence-corrected chi connectivity index (χ1v) is 8.37. The summed E-state index contributed by atoms with van der Waals surface area (Å²) in [6, 6.07) is 17.6. The van der Waals surface area contributed by atoms with Crippen LogP contribution in [0.5, 0.6) is 11.5 Å². The van der Waals surface area contributed by atoms with Crippen LogP contribution in [-0.2, 0) is 0 Å². The lowest BCUT2D eigenvalue weighted by molar-refractivity contribution is 0.104. The molecule has 0 aliphatic rings. The van der Waals surface area contributed by atoms with Crippen LogP contribution < -0.4 is 0 Å². The van der Waals surface area contributed by atoms with Crippen LogP contribution in [0.15, 0.2) is 83.0 Å². The van der Waals surface area contributed by atoms with E-state index in [4.69, 9.17) is 0 Å². The van der Waals surface area contributed by atoms with Gasteiger partial charge in [-0.1, -0.05) is 36.4 Å². The molecule has 2 N–H and O–H groups in total. The highest BCUT2D eigenvalue weighted by atomic mass is 16.3. The normalized spacial score (nSPS) is 11.1. The molecule has 0 aromatic heterocycles. The third-order valence-corrected chi connectivity index (χ3v) is 3.91. The van der Waals surface area contributed by atoms with Gasteiger partial charge in [0.1, 0.15) is 17.8 Å². The Morgan fingerprint density at radius 1 is 0.786 bits per heavy atom. The fourth-order valence-electron chi connectivity index (χ4n) is 2.38. The number of hydrogen-bond acceptors (Lipinski definition) is 6. The zero-order chi connectivity index (χ0) is 19.9. The van der Waals surface area contributed by atoms with E-state index >= 15 is 0 Å². The van der Waals surface area contributed by atoms with E-state index in [2.05, 4.69) is 10.2 Å². The number of aromatic hydroxyl groups is 2. The minimum absolute atomic E-state index is 0.0221. The van der Waals surface area contributed by atoms with Crippen molar-refractivity contribution in [1.29, 1.82) is 0 Å². The molecule has 6 nitrogen and oxygen atoms in total. The Labute approximate surface area is 161 Å². The summed E-state index contributed by atoms with van der Waals surface area (Å²) < 4.78 is 0. The molecule has 0 aliphatic heterocycles. The molecule has 3 aromatic rings. The van der Waals surface area contributed by atoms with Crippen molar-refractivity contribution in [3.63, 3.8) is 0 Å². The zero-order valence-electron chi connectivity index (χ0n) is 14.7. The number of rotatable bonds is 6. The highest BCUT2D eigenvalue weighted by Gasteiger charge is 2.06. The van der Waals surface area contributed by atoms with E-state index in [0.717, 1.165) is 11.8 Å². The Bertz CT molecular complexity index is 1030. The van der Waals surface area contributed by atoms with Gasteiger partial charge in [-0.3, -0.25) is 9.59 Å². The van der Waals surface area contributed by atoms with Crippen molar-refractivity contribution >= 4 is 29.5 Å². The SMILES string of the molecule is O=Cc1ccc(/C=C\C(=O)c2ccc(N=Nc3c(O)cccc3O)cc2)cc1. The van der Waals surface area contributed by atoms with Crippen molar-refractivity contribution in [1.82, 2.24) is 0 Å². The van der Waals surface area contributed by atoms with Crippen LogP contribution in [0.3, 0.4) is 0 Å². The topological polar surface area (TPSA) is 99.3 Å². The predicted octanol–water partition coefficient (Wildman–Crippen LogP) is 5.22. The van der Waals surface area contributed by atoms with E-state index in [0.29, 0.717) is 16.8 Å². The number of ketones is 1. The summed E-state index contributed by atoms with van der Waals surface area (Å²) in [4.78, 5) is 22.9. The second-order valence-corrected chi connectivity index (χ2v) is 5.87. The maximum absolute atomic E-state index is 12.3. The van der Waals surface area contributed by atoms with Gasteiger partial charge < -0.3 is 10.2 Å². The van der Waals surface area contributed by atoms with Gasteiger partial charge in [-0.25, -0.2) is 0 Å². The first-order chi connectivity index (χ1) is 13.6. The second-order valence-electron chi connectivity index (χ2n) is 5.87. The van der Waals surface area contributed by atoms with Gasteiger partial charge in [-0.2, -0.15) is 5.11 Å². The lowest BCUT2D eigenvalue weighted by atomic mass is 10.1. The Morgan fingerprint density at radius 2 is 1.39 bits per heavy atom. The summed E-state index contributed by atoms with van der Waals surface area (Å²) in [5, 5.41) is 27.2. The number of nitrogens with zero attached hydrogens (tertiary/aromatic N) is 2. The van der Waals surface area contributed by atoms with Gasteiger partial charge in [0.2, 0.25) is 0 Å². The number of carbonyl (C=O) groups excluding carboxylic acids is 2. The average Bonchev–Trinajstić information content (AvgIpc) is 2.72. The van der Waals surface area contributed by atoms with E-state index in [-0.39, 0.29) is 23.0 Å². The molecule has 0 radical (unpaired) electrons. The summed E-state index contributed by atoms with van der Waals surface area (Å²) in [6.07, 6.45) is 3.88. The fraction of sp³-hybridized carbons (Fsp3) is 0. The third kappa shape index (κ3) is 4.56. The smallest absolute Gasteiger partial charge is 0.185 e. The molecule has 0 fully saturated rings. The summed E-state index contributed by atoms with van der Waals surface area (Å²) in [5.74, 6) is -0.537. The molecule has 138 valence electrons. The van der Waals surface area contributed by atoms with Crippen molar-refractivity contribution in [2.24, 2.45) is 10.2 Å².